The second-order valence-corrected chi connectivity index (χ2v) is 9.20. The van der Waals surface area contributed by atoms with Crippen LogP contribution < -0.4 is 0 Å². The molecule has 0 heterocycles. The van der Waals surface area contributed by atoms with Crippen molar-refractivity contribution in [1.82, 2.24) is 0 Å². The van der Waals surface area contributed by atoms with Crippen molar-refractivity contribution in [3.05, 3.63) is 35.4 Å². The van der Waals surface area contributed by atoms with E-state index in [9.17, 15) is 5.26 Å². The van der Waals surface area contributed by atoms with Gasteiger partial charge in [0.2, 0.25) is 0 Å². The van der Waals surface area contributed by atoms with Crippen molar-refractivity contribution >= 4 is 0 Å². The van der Waals surface area contributed by atoms with E-state index in [1.807, 2.05) is 0 Å². The summed E-state index contributed by atoms with van der Waals surface area (Å²) in [5, 5.41) is 9.77. The Morgan fingerprint density at radius 3 is 2.07 bits per heavy atom. The van der Waals surface area contributed by atoms with Gasteiger partial charge in [0.05, 0.1) is 12.0 Å². The Bertz CT molecular complexity index is 545. The number of benzene rings is 1. The Kier molecular flexibility index (Phi) is 11.3. The van der Waals surface area contributed by atoms with Gasteiger partial charge in [-0.3, -0.25) is 0 Å². The first kappa shape index (κ1) is 23.0. The largest absolute Gasteiger partial charge is 0.198 e. The molecule has 0 saturated heterocycles. The summed E-state index contributed by atoms with van der Waals surface area (Å²) in [5.41, 5.74) is 2.81. The van der Waals surface area contributed by atoms with E-state index in [0.717, 1.165) is 12.3 Å². The van der Waals surface area contributed by atoms with Gasteiger partial charge in [-0.25, -0.2) is 0 Å². The summed E-state index contributed by atoms with van der Waals surface area (Å²) in [6.07, 6.45) is 19.6. The van der Waals surface area contributed by atoms with Gasteiger partial charge in [0.15, 0.2) is 0 Å². The lowest BCUT2D eigenvalue weighted by Crippen LogP contribution is -2.22. The predicted molar refractivity (Wildman–Crippen MR) is 121 cm³/mol. The normalized spacial score (nSPS) is 20.6. The lowest BCUT2D eigenvalue weighted by atomic mass is 9.73. The second-order valence-electron chi connectivity index (χ2n) is 9.20. The maximum Gasteiger partial charge on any atom is 0.0662 e. The van der Waals surface area contributed by atoms with Crippen LogP contribution >= 0.6 is 0 Å². The van der Waals surface area contributed by atoms with Gasteiger partial charge >= 0.3 is 0 Å². The maximum absolute atomic E-state index is 9.77. The van der Waals surface area contributed by atoms with E-state index in [2.05, 4.69) is 44.2 Å². The van der Waals surface area contributed by atoms with Crippen LogP contribution in [0.5, 0.6) is 0 Å². The minimum atomic E-state index is 0.205. The third kappa shape index (κ3) is 8.38. The molecule has 1 saturated carbocycles. The number of unbranched alkanes of at least 4 members (excludes halogenated alkanes) is 6. The van der Waals surface area contributed by atoms with Crippen LogP contribution in [0.2, 0.25) is 0 Å². The van der Waals surface area contributed by atoms with Crippen LogP contribution in [-0.4, -0.2) is 0 Å². The molecule has 0 spiro atoms. The molecule has 0 aliphatic heterocycles. The van der Waals surface area contributed by atoms with Gasteiger partial charge in [-0.2, -0.15) is 5.26 Å². The van der Waals surface area contributed by atoms with Crippen molar-refractivity contribution in [3.63, 3.8) is 0 Å². The van der Waals surface area contributed by atoms with Gasteiger partial charge in [-0.05, 0) is 55.1 Å². The average Bonchev–Trinajstić information content (AvgIpc) is 2.74. The fourth-order valence-corrected chi connectivity index (χ4v) is 4.91. The zero-order valence-corrected chi connectivity index (χ0v) is 18.6. The summed E-state index contributed by atoms with van der Waals surface area (Å²) >= 11 is 0. The van der Waals surface area contributed by atoms with Crippen molar-refractivity contribution in [3.8, 4) is 6.07 Å². The van der Waals surface area contributed by atoms with Crippen molar-refractivity contribution < 1.29 is 0 Å². The Labute approximate surface area is 174 Å². The maximum atomic E-state index is 9.77. The topological polar surface area (TPSA) is 23.8 Å². The number of nitrogens with zero attached hydrogens (tertiary/aromatic N) is 1. The molecular formula is C27H43N. The summed E-state index contributed by atoms with van der Waals surface area (Å²) < 4.78 is 0. The molecule has 1 nitrogen and oxygen atoms in total. The van der Waals surface area contributed by atoms with E-state index in [1.54, 1.807) is 0 Å². The Hall–Kier alpha value is -1.29. The molecule has 0 radical (unpaired) electrons. The van der Waals surface area contributed by atoms with Gasteiger partial charge in [0, 0.05) is 0 Å². The number of aryl methyl sites for hydroxylation is 1. The third-order valence-electron chi connectivity index (χ3n) is 6.89. The monoisotopic (exact) mass is 381 g/mol. The fraction of sp³-hybridized carbons (Fsp3) is 0.741. The molecule has 1 atom stereocenters. The molecule has 1 heteroatoms. The van der Waals surface area contributed by atoms with Crippen LogP contribution in [0.1, 0.15) is 108 Å². The summed E-state index contributed by atoms with van der Waals surface area (Å²) in [6, 6.07) is 11.8. The van der Waals surface area contributed by atoms with E-state index in [4.69, 9.17) is 0 Å². The highest BCUT2D eigenvalue weighted by Crippen LogP contribution is 2.36. The van der Waals surface area contributed by atoms with Crippen molar-refractivity contribution in [2.45, 2.75) is 110 Å². The van der Waals surface area contributed by atoms with E-state index in [1.165, 1.54) is 101 Å². The molecule has 28 heavy (non-hydrogen) atoms. The molecule has 1 aromatic rings. The first-order chi connectivity index (χ1) is 13.8. The van der Waals surface area contributed by atoms with Crippen molar-refractivity contribution in [2.24, 2.45) is 17.8 Å². The zero-order valence-electron chi connectivity index (χ0n) is 18.6. The minimum Gasteiger partial charge on any atom is -0.198 e. The minimum absolute atomic E-state index is 0.205. The van der Waals surface area contributed by atoms with Crippen LogP contribution in [0.15, 0.2) is 24.3 Å². The first-order valence-electron chi connectivity index (χ1n) is 12.2. The van der Waals surface area contributed by atoms with E-state index in [0.29, 0.717) is 5.92 Å². The van der Waals surface area contributed by atoms with Gasteiger partial charge in [-0.15, -0.1) is 0 Å². The molecule has 1 unspecified atom stereocenters. The predicted octanol–water partition coefficient (Wildman–Crippen LogP) is 8.27. The van der Waals surface area contributed by atoms with Gasteiger partial charge in [-0.1, -0.05) is 102 Å². The van der Waals surface area contributed by atoms with Crippen LogP contribution in [0, 0.1) is 29.1 Å². The molecule has 0 bridgehead atoms. The average molecular weight is 382 g/mol. The molecule has 0 N–H and O–H groups in total. The smallest absolute Gasteiger partial charge is 0.0662 e. The van der Waals surface area contributed by atoms with E-state index < -0.39 is 0 Å². The second kappa shape index (κ2) is 13.8. The highest BCUT2D eigenvalue weighted by Gasteiger charge is 2.27. The van der Waals surface area contributed by atoms with Crippen LogP contribution in [0.4, 0.5) is 0 Å². The molecule has 156 valence electrons. The van der Waals surface area contributed by atoms with Crippen molar-refractivity contribution in [1.29, 1.82) is 5.26 Å². The van der Waals surface area contributed by atoms with Crippen molar-refractivity contribution in [2.75, 3.05) is 0 Å². The number of hydrogen-bond acceptors (Lipinski definition) is 1. The lowest BCUT2D eigenvalue weighted by Gasteiger charge is -2.31. The van der Waals surface area contributed by atoms with Crippen LogP contribution in [-0.2, 0) is 12.8 Å². The molecule has 1 aliphatic carbocycles. The SMILES string of the molecule is CCCCCCCc1ccc(CC(C#N)C2CCC(CCCCC)CC2)cc1. The summed E-state index contributed by atoms with van der Waals surface area (Å²) in [7, 11) is 0. The molecule has 1 fully saturated rings. The van der Waals surface area contributed by atoms with Gasteiger partial charge in [0.25, 0.3) is 0 Å². The fourth-order valence-electron chi connectivity index (χ4n) is 4.91. The van der Waals surface area contributed by atoms with Crippen LogP contribution in [0.25, 0.3) is 0 Å². The standard InChI is InChI=1S/C27H43N/c1-3-5-7-8-10-12-23-13-15-25(16-14-23)21-27(22-28)26-19-17-24(18-20-26)11-9-6-4-2/h13-16,24,26-27H,3-12,17-21H2,1-2H3. The van der Waals surface area contributed by atoms with Crippen LogP contribution in [0.3, 0.4) is 0 Å². The molecule has 0 amide bonds. The number of rotatable bonds is 13. The number of hydrogen-bond donors (Lipinski definition) is 0. The van der Waals surface area contributed by atoms with Gasteiger partial charge in [0.1, 0.15) is 0 Å². The lowest BCUT2D eigenvalue weighted by molar-refractivity contribution is 0.221. The molecule has 2 rings (SSSR count). The summed E-state index contributed by atoms with van der Waals surface area (Å²) in [4.78, 5) is 0. The number of nitriles is 1. The third-order valence-corrected chi connectivity index (χ3v) is 6.89. The molecule has 1 aromatic carbocycles. The Morgan fingerprint density at radius 1 is 0.821 bits per heavy atom. The van der Waals surface area contributed by atoms with E-state index in [-0.39, 0.29) is 5.92 Å². The zero-order chi connectivity index (χ0) is 20.0. The highest BCUT2D eigenvalue weighted by molar-refractivity contribution is 5.24. The first-order valence-corrected chi connectivity index (χ1v) is 12.2. The highest BCUT2D eigenvalue weighted by atomic mass is 14.4. The molecule has 1 aliphatic rings. The quantitative estimate of drug-likeness (QED) is 0.315. The Morgan fingerprint density at radius 2 is 1.43 bits per heavy atom. The van der Waals surface area contributed by atoms with E-state index >= 15 is 0 Å². The summed E-state index contributed by atoms with van der Waals surface area (Å²) in [5.74, 6) is 1.75. The Balaban J connectivity index is 1.73. The summed E-state index contributed by atoms with van der Waals surface area (Å²) in [6.45, 7) is 4.56. The molecule has 0 aromatic heterocycles. The van der Waals surface area contributed by atoms with Gasteiger partial charge < -0.3 is 0 Å². The molecular weight excluding hydrogens is 338 g/mol.